The number of anilines is 1. The second kappa shape index (κ2) is 12.1. The Balaban J connectivity index is 2.17. The Morgan fingerprint density at radius 1 is 0.837 bits per heavy atom. The summed E-state index contributed by atoms with van der Waals surface area (Å²) < 4.78 is 18.8. The molecule has 0 saturated carbocycles. The number of carbonyl (C=O) groups is 5. The molecular formula is C30H33NO9S3. The van der Waals surface area contributed by atoms with Crippen molar-refractivity contribution in [2.45, 2.75) is 50.7 Å². The van der Waals surface area contributed by atoms with Gasteiger partial charge in [0.05, 0.1) is 45.2 Å². The molecule has 0 saturated heterocycles. The molecule has 0 radical (unpaired) electrons. The fourth-order valence-electron chi connectivity index (χ4n) is 5.21. The summed E-state index contributed by atoms with van der Waals surface area (Å²) in [5, 5.41) is 0. The molecule has 0 N–H and O–H groups in total. The van der Waals surface area contributed by atoms with Crippen LogP contribution in [-0.4, -0.2) is 67.8 Å². The van der Waals surface area contributed by atoms with Gasteiger partial charge < -0.3 is 23.8 Å². The number of carbonyl (C=O) groups excluding carboxylic acids is 5. The molecule has 1 amide bonds. The number of thioether (sulfide) groups is 3. The monoisotopic (exact) mass is 647 g/mol. The van der Waals surface area contributed by atoms with Crippen LogP contribution in [0.3, 0.4) is 0 Å². The van der Waals surface area contributed by atoms with E-state index in [1.54, 1.807) is 4.90 Å². The standard InChI is InChI=1S/C30H33NO9S3/c1-10-15(3)24(32)31-17-13-14(2)11-12-16(17)18-23(29(31,4)5)41-20(26(34)38-7)19(25(33)37-6)30(18)42-21(27(35)39-8)22(43-30)28(36)40-9/h11-13,15H,10H2,1-9H3/t15-/m1/s1. The van der Waals surface area contributed by atoms with Gasteiger partial charge in [0, 0.05) is 22.0 Å². The molecule has 1 aromatic carbocycles. The topological polar surface area (TPSA) is 126 Å². The van der Waals surface area contributed by atoms with Crippen molar-refractivity contribution in [3.8, 4) is 0 Å². The van der Waals surface area contributed by atoms with Crippen molar-refractivity contribution in [3.05, 3.63) is 54.5 Å². The molecule has 1 aromatic rings. The third-order valence-electron chi connectivity index (χ3n) is 7.55. The molecule has 0 fully saturated rings. The minimum absolute atomic E-state index is 0.0805. The second-order valence-corrected chi connectivity index (χ2v) is 14.2. The smallest absolute Gasteiger partial charge is 0.345 e. The van der Waals surface area contributed by atoms with Crippen molar-refractivity contribution < 1.29 is 42.9 Å². The zero-order valence-corrected chi connectivity index (χ0v) is 27.8. The lowest BCUT2D eigenvalue weighted by Gasteiger charge is -2.51. The average molecular weight is 648 g/mol. The van der Waals surface area contributed by atoms with Crippen molar-refractivity contribution in [3.63, 3.8) is 0 Å². The number of esters is 4. The van der Waals surface area contributed by atoms with Crippen LogP contribution in [-0.2, 0) is 42.9 Å². The third kappa shape index (κ3) is 5.08. The lowest BCUT2D eigenvalue weighted by atomic mass is 9.82. The molecule has 0 unspecified atom stereocenters. The van der Waals surface area contributed by atoms with Gasteiger partial charge in [-0.1, -0.05) is 61.3 Å². The summed E-state index contributed by atoms with van der Waals surface area (Å²) in [6.07, 6.45) is 0.607. The van der Waals surface area contributed by atoms with Crippen LogP contribution in [0.2, 0.25) is 0 Å². The highest BCUT2D eigenvalue weighted by molar-refractivity contribution is 8.26. The quantitative estimate of drug-likeness (QED) is 0.306. The van der Waals surface area contributed by atoms with E-state index < -0.39 is 33.5 Å². The summed E-state index contributed by atoms with van der Waals surface area (Å²) >= 11 is 2.82. The van der Waals surface area contributed by atoms with E-state index in [1.807, 2.05) is 52.8 Å². The number of ether oxygens (including phenoxy) is 4. The van der Waals surface area contributed by atoms with Gasteiger partial charge in [0.1, 0.15) is 18.8 Å². The highest BCUT2D eigenvalue weighted by Gasteiger charge is 2.61. The summed E-state index contributed by atoms with van der Waals surface area (Å²) in [7, 11) is 4.73. The van der Waals surface area contributed by atoms with Gasteiger partial charge in [-0.3, -0.25) is 4.79 Å². The van der Waals surface area contributed by atoms with Gasteiger partial charge >= 0.3 is 23.9 Å². The Hall–Kier alpha value is -3.16. The number of amides is 1. The Labute approximate surface area is 262 Å². The molecule has 3 aliphatic rings. The lowest BCUT2D eigenvalue weighted by Crippen LogP contribution is -2.55. The normalized spacial score (nSPS) is 19.0. The Kier molecular flexibility index (Phi) is 9.20. The summed E-state index contributed by atoms with van der Waals surface area (Å²) in [5.74, 6) is -3.71. The van der Waals surface area contributed by atoms with E-state index in [0.717, 1.165) is 40.8 Å². The number of methoxy groups -OCH3 is 4. The van der Waals surface area contributed by atoms with Gasteiger partial charge in [-0.2, -0.15) is 0 Å². The van der Waals surface area contributed by atoms with Crippen LogP contribution in [0, 0.1) is 12.8 Å². The lowest BCUT2D eigenvalue weighted by molar-refractivity contribution is -0.138. The van der Waals surface area contributed by atoms with Crippen LogP contribution < -0.4 is 4.90 Å². The second-order valence-electron chi connectivity index (χ2n) is 10.5. The zero-order valence-electron chi connectivity index (χ0n) is 25.4. The molecule has 230 valence electrons. The number of nitrogens with zero attached hydrogens (tertiary/aromatic N) is 1. The number of hydrogen-bond donors (Lipinski definition) is 0. The zero-order chi connectivity index (χ0) is 32.0. The first kappa shape index (κ1) is 32.7. The molecule has 10 nitrogen and oxygen atoms in total. The van der Waals surface area contributed by atoms with E-state index in [-0.39, 0.29) is 32.1 Å². The highest BCUT2D eigenvalue weighted by Crippen LogP contribution is 2.71. The maximum Gasteiger partial charge on any atom is 0.345 e. The minimum Gasteiger partial charge on any atom is -0.466 e. The predicted octanol–water partition coefficient (Wildman–Crippen LogP) is 4.96. The first-order chi connectivity index (χ1) is 20.2. The van der Waals surface area contributed by atoms with E-state index in [1.165, 1.54) is 28.4 Å². The van der Waals surface area contributed by atoms with Crippen molar-refractivity contribution >= 4 is 76.3 Å². The molecule has 43 heavy (non-hydrogen) atoms. The largest absolute Gasteiger partial charge is 0.466 e. The predicted molar refractivity (Wildman–Crippen MR) is 167 cm³/mol. The third-order valence-corrected chi connectivity index (χ3v) is 12.2. The molecule has 3 heterocycles. The Morgan fingerprint density at radius 3 is 1.84 bits per heavy atom. The minimum atomic E-state index is -1.60. The summed E-state index contributed by atoms with van der Waals surface area (Å²) in [6.45, 7) is 9.45. The maximum atomic E-state index is 14.0. The molecule has 0 bridgehead atoms. The Morgan fingerprint density at radius 2 is 1.35 bits per heavy atom. The van der Waals surface area contributed by atoms with Crippen molar-refractivity contribution in [1.29, 1.82) is 0 Å². The Bertz CT molecular complexity index is 1510. The van der Waals surface area contributed by atoms with Gasteiger partial charge in [0.2, 0.25) is 5.91 Å². The molecule has 1 spiro atoms. The summed E-state index contributed by atoms with van der Waals surface area (Å²) in [6, 6.07) is 5.63. The van der Waals surface area contributed by atoms with Crippen LogP contribution in [0.25, 0.3) is 5.57 Å². The first-order valence-corrected chi connectivity index (χ1v) is 15.8. The number of benzene rings is 1. The van der Waals surface area contributed by atoms with Crippen LogP contribution >= 0.6 is 35.3 Å². The van der Waals surface area contributed by atoms with Crippen molar-refractivity contribution in [2.24, 2.45) is 5.92 Å². The van der Waals surface area contributed by atoms with E-state index in [4.69, 9.17) is 18.9 Å². The van der Waals surface area contributed by atoms with E-state index in [0.29, 0.717) is 28.1 Å². The molecule has 0 aromatic heterocycles. The molecule has 3 aliphatic heterocycles. The van der Waals surface area contributed by atoms with Gasteiger partial charge in [-0.25, -0.2) is 19.2 Å². The molecule has 0 aliphatic carbocycles. The first-order valence-electron chi connectivity index (χ1n) is 13.3. The molecule has 4 rings (SSSR count). The summed E-state index contributed by atoms with van der Waals surface area (Å²) in [5.41, 5.74) is 1.50. The fraction of sp³-hybridized carbons (Fsp3) is 0.433. The molecule has 1 atom stereocenters. The molecular weight excluding hydrogens is 615 g/mol. The van der Waals surface area contributed by atoms with Gasteiger partial charge in [0.25, 0.3) is 0 Å². The maximum absolute atomic E-state index is 14.0. The molecule has 13 heteroatoms. The van der Waals surface area contributed by atoms with Crippen LogP contribution in [0.4, 0.5) is 5.69 Å². The number of hydrogen-bond acceptors (Lipinski definition) is 12. The van der Waals surface area contributed by atoms with Crippen molar-refractivity contribution in [1.82, 2.24) is 0 Å². The van der Waals surface area contributed by atoms with Crippen LogP contribution in [0.5, 0.6) is 0 Å². The van der Waals surface area contributed by atoms with E-state index in [9.17, 15) is 24.0 Å². The average Bonchev–Trinajstić information content (AvgIpc) is 3.38. The summed E-state index contributed by atoms with van der Waals surface area (Å²) in [4.78, 5) is 69.4. The SMILES string of the molecule is CC[C@@H](C)C(=O)N1c2cc(C)ccc2C2=C(SC(C(=O)OC)=C(C(=O)OC)C23SC(C(=O)OC)=C(C(=O)OC)S3)C1(C)C. The van der Waals surface area contributed by atoms with Gasteiger partial charge in [-0.05, 0) is 38.8 Å². The van der Waals surface area contributed by atoms with Crippen LogP contribution in [0.1, 0.15) is 45.2 Å². The van der Waals surface area contributed by atoms with Gasteiger partial charge in [-0.15, -0.1) is 0 Å². The van der Waals surface area contributed by atoms with Crippen LogP contribution in [0.15, 0.2) is 43.4 Å². The van der Waals surface area contributed by atoms with E-state index in [2.05, 4.69) is 0 Å². The fourth-order valence-corrected chi connectivity index (χ4v) is 10.3. The highest BCUT2D eigenvalue weighted by atomic mass is 32.2. The number of aryl methyl sites for hydroxylation is 1. The number of rotatable bonds is 6. The van der Waals surface area contributed by atoms with E-state index >= 15 is 0 Å². The van der Waals surface area contributed by atoms with Crippen molar-refractivity contribution in [2.75, 3.05) is 33.3 Å². The number of fused-ring (bicyclic) bond motifs is 3. The van der Waals surface area contributed by atoms with Gasteiger partial charge in [0.15, 0.2) is 0 Å².